The summed E-state index contributed by atoms with van der Waals surface area (Å²) in [4.78, 5) is 16.3. The standard InChI is InChI=1S/C16H18ClN3O3/c1-10(19-12-5-7-15(23-3)18-9-12)16(21)20-11-4-6-14(22-2)13(17)8-11/h4-10,19H,1-3H3,(H,20,21). The molecule has 2 rings (SSSR count). The quantitative estimate of drug-likeness (QED) is 0.848. The van der Waals surface area contributed by atoms with Gasteiger partial charge in [0.05, 0.1) is 31.1 Å². The minimum Gasteiger partial charge on any atom is -0.495 e. The predicted molar refractivity (Wildman–Crippen MR) is 90.5 cm³/mol. The fraction of sp³-hybridized carbons (Fsp3) is 0.250. The molecule has 0 aliphatic carbocycles. The van der Waals surface area contributed by atoms with Gasteiger partial charge in [-0.25, -0.2) is 4.98 Å². The van der Waals surface area contributed by atoms with Crippen LogP contribution in [0.4, 0.5) is 11.4 Å². The Hall–Kier alpha value is -2.47. The van der Waals surface area contributed by atoms with Crippen molar-refractivity contribution in [1.29, 1.82) is 0 Å². The molecule has 0 saturated heterocycles. The van der Waals surface area contributed by atoms with Gasteiger partial charge in [-0.3, -0.25) is 4.79 Å². The number of methoxy groups -OCH3 is 2. The molecular weight excluding hydrogens is 318 g/mol. The van der Waals surface area contributed by atoms with Crippen LogP contribution in [0, 0.1) is 0 Å². The lowest BCUT2D eigenvalue weighted by atomic mass is 10.2. The summed E-state index contributed by atoms with van der Waals surface area (Å²) in [6, 6.07) is 8.12. The first-order valence-electron chi connectivity index (χ1n) is 6.94. The first-order chi connectivity index (χ1) is 11.0. The zero-order valence-corrected chi connectivity index (χ0v) is 13.8. The van der Waals surface area contributed by atoms with Crippen molar-refractivity contribution in [3.63, 3.8) is 0 Å². The van der Waals surface area contributed by atoms with Crippen LogP contribution in [0.1, 0.15) is 6.92 Å². The SMILES string of the molecule is COc1ccc(NC(C)C(=O)Nc2ccc(OC)c(Cl)c2)cn1. The van der Waals surface area contributed by atoms with E-state index in [0.717, 1.165) is 5.69 Å². The Kier molecular flexibility index (Phi) is 5.65. The molecule has 23 heavy (non-hydrogen) atoms. The van der Waals surface area contributed by atoms with Gasteiger partial charge in [0.25, 0.3) is 0 Å². The second-order valence-corrected chi connectivity index (χ2v) is 5.20. The van der Waals surface area contributed by atoms with Crippen LogP contribution in [0.3, 0.4) is 0 Å². The van der Waals surface area contributed by atoms with Crippen molar-refractivity contribution in [2.45, 2.75) is 13.0 Å². The maximum Gasteiger partial charge on any atom is 0.246 e. The molecular formula is C16H18ClN3O3. The van der Waals surface area contributed by atoms with E-state index in [1.807, 2.05) is 0 Å². The van der Waals surface area contributed by atoms with Gasteiger partial charge in [0.1, 0.15) is 11.8 Å². The van der Waals surface area contributed by atoms with Crippen molar-refractivity contribution in [3.8, 4) is 11.6 Å². The molecule has 0 aliphatic heterocycles. The predicted octanol–water partition coefficient (Wildman–Crippen LogP) is 3.19. The molecule has 1 atom stereocenters. The number of carbonyl (C=O) groups is 1. The Balaban J connectivity index is 1.97. The van der Waals surface area contributed by atoms with Crippen LogP contribution < -0.4 is 20.1 Å². The van der Waals surface area contributed by atoms with Gasteiger partial charge in [-0.15, -0.1) is 0 Å². The minimum absolute atomic E-state index is 0.193. The van der Waals surface area contributed by atoms with E-state index >= 15 is 0 Å². The lowest BCUT2D eigenvalue weighted by Crippen LogP contribution is -2.31. The number of halogens is 1. The van der Waals surface area contributed by atoms with Crippen LogP contribution in [-0.4, -0.2) is 31.2 Å². The van der Waals surface area contributed by atoms with E-state index in [0.29, 0.717) is 22.3 Å². The van der Waals surface area contributed by atoms with Gasteiger partial charge in [0.2, 0.25) is 11.8 Å². The lowest BCUT2D eigenvalue weighted by Gasteiger charge is -2.15. The summed E-state index contributed by atoms with van der Waals surface area (Å²) in [5.74, 6) is 0.878. The number of aromatic nitrogens is 1. The van der Waals surface area contributed by atoms with E-state index in [1.54, 1.807) is 50.6 Å². The number of anilines is 2. The molecule has 7 heteroatoms. The van der Waals surface area contributed by atoms with Crippen molar-refractivity contribution in [1.82, 2.24) is 4.98 Å². The highest BCUT2D eigenvalue weighted by molar-refractivity contribution is 6.32. The Morgan fingerprint density at radius 1 is 1.17 bits per heavy atom. The smallest absolute Gasteiger partial charge is 0.246 e. The largest absolute Gasteiger partial charge is 0.495 e. The number of hydrogen-bond donors (Lipinski definition) is 2. The number of nitrogens with one attached hydrogen (secondary N) is 2. The maximum atomic E-state index is 12.2. The van der Waals surface area contributed by atoms with Crippen molar-refractivity contribution in [2.24, 2.45) is 0 Å². The van der Waals surface area contributed by atoms with E-state index < -0.39 is 6.04 Å². The number of hydrogen-bond acceptors (Lipinski definition) is 5. The molecule has 0 spiro atoms. The third-order valence-corrected chi connectivity index (χ3v) is 3.44. The molecule has 0 saturated carbocycles. The number of rotatable bonds is 6. The molecule has 0 radical (unpaired) electrons. The average Bonchev–Trinajstić information content (AvgIpc) is 2.55. The summed E-state index contributed by atoms with van der Waals surface area (Å²) in [5, 5.41) is 6.29. The third kappa shape index (κ3) is 4.50. The van der Waals surface area contributed by atoms with Crippen molar-refractivity contribution in [2.75, 3.05) is 24.9 Å². The van der Waals surface area contributed by atoms with Crippen LogP contribution in [0.5, 0.6) is 11.6 Å². The van der Waals surface area contributed by atoms with Gasteiger partial charge in [0, 0.05) is 11.8 Å². The lowest BCUT2D eigenvalue weighted by molar-refractivity contribution is -0.116. The van der Waals surface area contributed by atoms with Crippen LogP contribution in [0.25, 0.3) is 0 Å². The molecule has 1 amide bonds. The molecule has 2 N–H and O–H groups in total. The zero-order valence-electron chi connectivity index (χ0n) is 13.1. The summed E-state index contributed by atoms with van der Waals surface area (Å²) in [7, 11) is 3.08. The molecule has 1 aromatic carbocycles. The van der Waals surface area contributed by atoms with E-state index in [4.69, 9.17) is 21.1 Å². The van der Waals surface area contributed by atoms with Crippen molar-refractivity contribution in [3.05, 3.63) is 41.6 Å². The topological polar surface area (TPSA) is 72.5 Å². The number of nitrogens with zero attached hydrogens (tertiary/aromatic N) is 1. The van der Waals surface area contributed by atoms with Gasteiger partial charge >= 0.3 is 0 Å². The Bertz CT molecular complexity index is 677. The van der Waals surface area contributed by atoms with Gasteiger partial charge in [-0.1, -0.05) is 11.6 Å². The first kappa shape index (κ1) is 16.9. The minimum atomic E-state index is -0.453. The molecule has 1 heterocycles. The fourth-order valence-corrected chi connectivity index (χ4v) is 2.15. The highest BCUT2D eigenvalue weighted by Crippen LogP contribution is 2.27. The number of ether oxygens (including phenoxy) is 2. The van der Waals surface area contributed by atoms with Gasteiger partial charge in [-0.05, 0) is 31.2 Å². The number of pyridine rings is 1. The van der Waals surface area contributed by atoms with Crippen LogP contribution >= 0.6 is 11.6 Å². The molecule has 0 bridgehead atoms. The normalized spacial score (nSPS) is 11.5. The average molecular weight is 336 g/mol. The third-order valence-electron chi connectivity index (χ3n) is 3.14. The van der Waals surface area contributed by atoms with Gasteiger partial charge in [-0.2, -0.15) is 0 Å². The highest BCUT2D eigenvalue weighted by Gasteiger charge is 2.14. The van der Waals surface area contributed by atoms with Crippen LogP contribution in [0.2, 0.25) is 5.02 Å². The monoisotopic (exact) mass is 335 g/mol. The number of benzene rings is 1. The first-order valence-corrected chi connectivity index (χ1v) is 7.32. The van der Waals surface area contributed by atoms with Gasteiger partial charge < -0.3 is 20.1 Å². The van der Waals surface area contributed by atoms with Crippen LogP contribution in [-0.2, 0) is 4.79 Å². The summed E-state index contributed by atoms with van der Waals surface area (Å²) in [5.41, 5.74) is 1.32. The molecule has 1 aromatic heterocycles. The van der Waals surface area contributed by atoms with Gasteiger partial charge in [0.15, 0.2) is 0 Å². The number of carbonyl (C=O) groups excluding carboxylic acids is 1. The second kappa shape index (κ2) is 7.69. The number of amides is 1. The maximum absolute atomic E-state index is 12.2. The molecule has 1 unspecified atom stereocenters. The summed E-state index contributed by atoms with van der Waals surface area (Å²) in [6.45, 7) is 1.75. The van der Waals surface area contributed by atoms with E-state index in [-0.39, 0.29) is 5.91 Å². The molecule has 0 fully saturated rings. The van der Waals surface area contributed by atoms with Crippen molar-refractivity contribution < 1.29 is 14.3 Å². The van der Waals surface area contributed by atoms with E-state index in [9.17, 15) is 4.79 Å². The second-order valence-electron chi connectivity index (χ2n) is 4.79. The highest BCUT2D eigenvalue weighted by atomic mass is 35.5. The molecule has 6 nitrogen and oxygen atoms in total. The Morgan fingerprint density at radius 2 is 1.91 bits per heavy atom. The molecule has 2 aromatic rings. The zero-order chi connectivity index (χ0) is 16.8. The van der Waals surface area contributed by atoms with E-state index in [2.05, 4.69) is 15.6 Å². The molecule has 0 aliphatic rings. The molecule has 122 valence electrons. The van der Waals surface area contributed by atoms with E-state index in [1.165, 1.54) is 7.11 Å². The fourth-order valence-electron chi connectivity index (χ4n) is 1.90. The summed E-state index contributed by atoms with van der Waals surface area (Å²) >= 11 is 6.04. The summed E-state index contributed by atoms with van der Waals surface area (Å²) in [6.07, 6.45) is 1.60. The summed E-state index contributed by atoms with van der Waals surface area (Å²) < 4.78 is 10.1. The Morgan fingerprint density at radius 3 is 2.48 bits per heavy atom. The van der Waals surface area contributed by atoms with Crippen LogP contribution in [0.15, 0.2) is 36.5 Å². The van der Waals surface area contributed by atoms with Crippen molar-refractivity contribution >= 4 is 28.9 Å². The Labute approximate surface area is 139 Å².